The van der Waals surface area contributed by atoms with Gasteiger partial charge in [0.25, 0.3) is 0 Å². The van der Waals surface area contributed by atoms with E-state index in [0.29, 0.717) is 11.8 Å². The first kappa shape index (κ1) is 13.4. The van der Waals surface area contributed by atoms with Crippen molar-refractivity contribution in [2.24, 2.45) is 0 Å². The summed E-state index contributed by atoms with van der Waals surface area (Å²) in [7, 11) is 0. The van der Waals surface area contributed by atoms with Gasteiger partial charge in [0.15, 0.2) is 0 Å². The van der Waals surface area contributed by atoms with E-state index >= 15 is 0 Å². The lowest BCUT2D eigenvalue weighted by atomic mass is 9.96. The molecule has 0 aromatic carbocycles. The van der Waals surface area contributed by atoms with Crippen LogP contribution in [-0.2, 0) is 4.74 Å². The molecule has 2 aliphatic rings. The monoisotopic (exact) mass is 292 g/mol. The van der Waals surface area contributed by atoms with Crippen molar-refractivity contribution in [2.75, 3.05) is 6.61 Å². The average Bonchev–Trinajstić information content (AvgIpc) is 2.71. The number of ether oxygens (including phenoxy) is 1. The van der Waals surface area contributed by atoms with Gasteiger partial charge in [0.1, 0.15) is 5.15 Å². The SMILES string of the molecule is CCOC(=O)N1C2C=C(c3ccc(Cl)nc3)CC1CC2. The molecule has 3 heterocycles. The molecule has 0 N–H and O–H groups in total. The summed E-state index contributed by atoms with van der Waals surface area (Å²) < 4.78 is 5.15. The third kappa shape index (κ3) is 2.40. The molecule has 3 rings (SSSR count). The Hall–Kier alpha value is -1.55. The molecule has 1 aromatic rings. The summed E-state index contributed by atoms with van der Waals surface area (Å²) in [4.78, 5) is 18.0. The van der Waals surface area contributed by atoms with Gasteiger partial charge in [0, 0.05) is 12.2 Å². The predicted octanol–water partition coefficient (Wildman–Crippen LogP) is 3.51. The van der Waals surface area contributed by atoms with Crippen LogP contribution in [0.1, 0.15) is 31.7 Å². The molecule has 1 aromatic heterocycles. The van der Waals surface area contributed by atoms with Crippen molar-refractivity contribution in [1.82, 2.24) is 9.88 Å². The summed E-state index contributed by atoms with van der Waals surface area (Å²) in [6.45, 7) is 2.26. The lowest BCUT2D eigenvalue weighted by Gasteiger charge is -2.33. The van der Waals surface area contributed by atoms with Crippen molar-refractivity contribution >= 4 is 23.3 Å². The third-order valence-electron chi connectivity index (χ3n) is 3.97. The minimum atomic E-state index is -0.190. The molecule has 0 aliphatic carbocycles. The van der Waals surface area contributed by atoms with Crippen LogP contribution in [-0.4, -0.2) is 34.7 Å². The lowest BCUT2D eigenvalue weighted by Crippen LogP contribution is -2.43. The van der Waals surface area contributed by atoms with E-state index in [0.717, 1.165) is 24.8 Å². The normalized spacial score (nSPS) is 24.5. The van der Waals surface area contributed by atoms with Gasteiger partial charge in [-0.1, -0.05) is 23.7 Å². The molecule has 0 spiro atoms. The van der Waals surface area contributed by atoms with Gasteiger partial charge in [0.2, 0.25) is 0 Å². The van der Waals surface area contributed by atoms with Crippen LogP contribution < -0.4 is 0 Å². The zero-order valence-corrected chi connectivity index (χ0v) is 12.1. The van der Waals surface area contributed by atoms with Gasteiger partial charge in [-0.15, -0.1) is 0 Å². The van der Waals surface area contributed by atoms with Gasteiger partial charge < -0.3 is 4.74 Å². The van der Waals surface area contributed by atoms with Crippen LogP contribution >= 0.6 is 11.6 Å². The van der Waals surface area contributed by atoms with E-state index in [1.54, 1.807) is 12.3 Å². The molecular formula is C15H17ClN2O2. The van der Waals surface area contributed by atoms with Crippen molar-refractivity contribution < 1.29 is 9.53 Å². The van der Waals surface area contributed by atoms with Crippen LogP contribution in [0.4, 0.5) is 4.79 Å². The molecule has 4 nitrogen and oxygen atoms in total. The summed E-state index contributed by atoms with van der Waals surface area (Å²) in [6, 6.07) is 4.19. The molecule has 2 aliphatic heterocycles. The van der Waals surface area contributed by atoms with E-state index in [4.69, 9.17) is 16.3 Å². The van der Waals surface area contributed by atoms with E-state index < -0.39 is 0 Å². The Balaban J connectivity index is 1.83. The van der Waals surface area contributed by atoms with E-state index in [9.17, 15) is 4.79 Å². The van der Waals surface area contributed by atoms with Crippen LogP contribution in [0.3, 0.4) is 0 Å². The number of hydrogen-bond acceptors (Lipinski definition) is 3. The highest BCUT2D eigenvalue weighted by molar-refractivity contribution is 6.29. The van der Waals surface area contributed by atoms with Crippen molar-refractivity contribution in [2.45, 2.75) is 38.3 Å². The highest BCUT2D eigenvalue weighted by atomic mass is 35.5. The predicted molar refractivity (Wildman–Crippen MR) is 77.5 cm³/mol. The maximum absolute atomic E-state index is 12.0. The van der Waals surface area contributed by atoms with Crippen molar-refractivity contribution in [3.63, 3.8) is 0 Å². The summed E-state index contributed by atoms with van der Waals surface area (Å²) in [5.41, 5.74) is 2.34. The number of amides is 1. The molecule has 2 unspecified atom stereocenters. The first-order chi connectivity index (χ1) is 9.69. The Morgan fingerprint density at radius 2 is 2.35 bits per heavy atom. The van der Waals surface area contributed by atoms with Crippen molar-refractivity contribution in [3.05, 3.63) is 35.1 Å². The first-order valence-electron chi connectivity index (χ1n) is 6.96. The standard InChI is InChI=1S/C15H17ClN2O2/c1-2-20-15(19)18-12-4-5-13(18)8-11(7-12)10-3-6-14(16)17-9-10/h3,6-7,9,12-13H,2,4-5,8H2,1H3. The quantitative estimate of drug-likeness (QED) is 0.783. The average molecular weight is 293 g/mol. The molecule has 2 bridgehead atoms. The molecule has 5 heteroatoms. The van der Waals surface area contributed by atoms with Gasteiger partial charge in [-0.25, -0.2) is 9.78 Å². The number of fused-ring (bicyclic) bond motifs is 2. The Morgan fingerprint density at radius 3 is 3.00 bits per heavy atom. The van der Waals surface area contributed by atoms with Crippen LogP contribution in [0.25, 0.3) is 5.57 Å². The minimum absolute atomic E-state index is 0.151. The van der Waals surface area contributed by atoms with E-state index in [1.165, 1.54) is 5.57 Å². The topological polar surface area (TPSA) is 42.4 Å². The number of halogens is 1. The second-order valence-electron chi connectivity index (χ2n) is 5.17. The fourth-order valence-corrected chi connectivity index (χ4v) is 3.20. The minimum Gasteiger partial charge on any atom is -0.450 e. The molecule has 2 atom stereocenters. The summed E-state index contributed by atoms with van der Waals surface area (Å²) >= 11 is 5.82. The zero-order chi connectivity index (χ0) is 14.1. The van der Waals surface area contributed by atoms with E-state index in [2.05, 4.69) is 11.1 Å². The molecule has 0 saturated carbocycles. The second kappa shape index (κ2) is 5.44. The maximum Gasteiger partial charge on any atom is 0.410 e. The highest BCUT2D eigenvalue weighted by Crippen LogP contribution is 2.38. The Labute approximate surface area is 123 Å². The lowest BCUT2D eigenvalue weighted by molar-refractivity contribution is 0.0933. The van der Waals surface area contributed by atoms with Gasteiger partial charge in [0.05, 0.1) is 12.6 Å². The number of pyridine rings is 1. The zero-order valence-electron chi connectivity index (χ0n) is 11.4. The highest BCUT2D eigenvalue weighted by Gasteiger charge is 2.40. The first-order valence-corrected chi connectivity index (χ1v) is 7.34. The molecule has 20 heavy (non-hydrogen) atoms. The largest absolute Gasteiger partial charge is 0.450 e. The number of nitrogens with zero attached hydrogens (tertiary/aromatic N) is 2. The fraction of sp³-hybridized carbons (Fsp3) is 0.467. The number of carbonyl (C=O) groups excluding carboxylic acids is 1. The van der Waals surface area contributed by atoms with Gasteiger partial charge in [-0.3, -0.25) is 4.90 Å². The van der Waals surface area contributed by atoms with E-state index in [1.807, 2.05) is 17.9 Å². The Kier molecular flexibility index (Phi) is 3.66. The number of carbonyl (C=O) groups is 1. The molecule has 106 valence electrons. The summed E-state index contributed by atoms with van der Waals surface area (Å²) in [5.74, 6) is 0. The van der Waals surface area contributed by atoms with Gasteiger partial charge >= 0.3 is 6.09 Å². The Morgan fingerprint density at radius 1 is 1.50 bits per heavy atom. The van der Waals surface area contributed by atoms with Crippen molar-refractivity contribution in [3.8, 4) is 0 Å². The molecule has 1 saturated heterocycles. The molecule has 1 amide bonds. The molecular weight excluding hydrogens is 276 g/mol. The molecule has 1 fully saturated rings. The maximum atomic E-state index is 12.0. The number of rotatable bonds is 2. The number of hydrogen-bond donors (Lipinski definition) is 0. The fourth-order valence-electron chi connectivity index (χ4n) is 3.09. The van der Waals surface area contributed by atoms with Crippen molar-refractivity contribution in [1.29, 1.82) is 0 Å². The van der Waals surface area contributed by atoms with Crippen LogP contribution in [0.5, 0.6) is 0 Å². The van der Waals surface area contributed by atoms with Gasteiger partial charge in [-0.05, 0) is 43.4 Å². The summed E-state index contributed by atoms with van der Waals surface area (Å²) in [6.07, 6.45) is 6.68. The van der Waals surface area contributed by atoms with Crippen LogP contribution in [0, 0.1) is 0 Å². The third-order valence-corrected chi connectivity index (χ3v) is 4.20. The number of aromatic nitrogens is 1. The van der Waals surface area contributed by atoms with E-state index in [-0.39, 0.29) is 18.2 Å². The smallest absolute Gasteiger partial charge is 0.410 e. The Bertz CT molecular complexity index is 541. The van der Waals surface area contributed by atoms with Crippen LogP contribution in [0.15, 0.2) is 24.4 Å². The van der Waals surface area contributed by atoms with Gasteiger partial charge in [-0.2, -0.15) is 0 Å². The summed E-state index contributed by atoms with van der Waals surface area (Å²) in [5, 5.41) is 0.501. The second-order valence-corrected chi connectivity index (χ2v) is 5.56. The molecule has 0 radical (unpaired) electrons. The van der Waals surface area contributed by atoms with Crippen LogP contribution in [0.2, 0.25) is 5.15 Å².